The number of rotatable bonds is 3. The molecule has 1 saturated carbocycles. The highest BCUT2D eigenvalue weighted by molar-refractivity contribution is 5.52. The minimum atomic E-state index is -0.612. The molecule has 1 aliphatic carbocycles. The fourth-order valence-corrected chi connectivity index (χ4v) is 2.34. The van der Waals surface area contributed by atoms with Gasteiger partial charge in [0.1, 0.15) is 11.9 Å². The summed E-state index contributed by atoms with van der Waals surface area (Å²) in [7, 11) is 4.06. The Morgan fingerprint density at radius 1 is 1.38 bits per heavy atom. The number of hydrogen-bond acceptors (Lipinski definition) is 3. The highest BCUT2D eigenvalue weighted by Crippen LogP contribution is 2.20. The monoisotopic (exact) mass is 224 g/mol. The maximum Gasteiger partial charge on any atom is 0.194 e. The molecule has 0 aromatic carbocycles. The molecule has 0 radical (unpaired) electrons. The summed E-state index contributed by atoms with van der Waals surface area (Å²) < 4.78 is 0.610. The molecule has 0 saturated heterocycles. The van der Waals surface area contributed by atoms with Gasteiger partial charge in [-0.3, -0.25) is 9.80 Å². The molecule has 0 amide bonds. The lowest BCUT2D eigenvalue weighted by atomic mass is 9.95. The van der Waals surface area contributed by atoms with Crippen LogP contribution in [-0.4, -0.2) is 42.3 Å². The number of nitrogens with zero attached hydrogens (tertiary/aromatic N) is 2. The maximum atomic E-state index is 10.0. The van der Waals surface area contributed by atoms with Crippen LogP contribution >= 0.6 is 0 Å². The van der Waals surface area contributed by atoms with Gasteiger partial charge >= 0.3 is 0 Å². The fourth-order valence-electron chi connectivity index (χ4n) is 2.34. The third kappa shape index (κ3) is 2.90. The van der Waals surface area contributed by atoms with Crippen molar-refractivity contribution in [3.05, 3.63) is 11.9 Å². The second-order valence-electron chi connectivity index (χ2n) is 5.33. The van der Waals surface area contributed by atoms with Gasteiger partial charge in [-0.05, 0) is 12.8 Å². The van der Waals surface area contributed by atoms with E-state index in [4.69, 9.17) is 0 Å². The summed E-state index contributed by atoms with van der Waals surface area (Å²) >= 11 is 0. The highest BCUT2D eigenvalue weighted by Gasteiger charge is 2.25. The average Bonchev–Trinajstić information content (AvgIpc) is 2.60. The number of quaternary nitrogens is 1. The molecular formula is C12H22N3O+. The topological polar surface area (TPSA) is 44.6 Å². The zero-order chi connectivity index (χ0) is 11.6. The lowest BCUT2D eigenvalue weighted by Crippen LogP contribution is -2.40. The molecule has 1 unspecified atom stereocenters. The van der Waals surface area contributed by atoms with E-state index in [1.807, 2.05) is 26.6 Å². The number of aliphatic hydroxyl groups excluding tert-OH is 1. The standard InChI is InChI=1S/C12H22N3O/c1-15(2)8-11(13-9-15)12(16)14-10-6-4-3-5-7-10/h8-10,12,14,16H,3-7H2,1-2H3/q+1. The Bertz CT molecular complexity index is 303. The average molecular weight is 224 g/mol. The number of aliphatic imine (C=N–C) groups is 1. The summed E-state index contributed by atoms with van der Waals surface area (Å²) in [6.45, 7) is 0. The first kappa shape index (κ1) is 11.8. The predicted molar refractivity (Wildman–Crippen MR) is 64.7 cm³/mol. The van der Waals surface area contributed by atoms with Crippen LogP contribution in [0.25, 0.3) is 0 Å². The van der Waals surface area contributed by atoms with Crippen molar-refractivity contribution in [1.29, 1.82) is 0 Å². The van der Waals surface area contributed by atoms with Gasteiger partial charge < -0.3 is 5.11 Å². The fraction of sp³-hybridized carbons (Fsp3) is 0.750. The van der Waals surface area contributed by atoms with E-state index in [1.54, 1.807) is 0 Å². The molecule has 4 heteroatoms. The molecule has 2 rings (SSSR count). The first-order valence-corrected chi connectivity index (χ1v) is 6.12. The summed E-state index contributed by atoms with van der Waals surface area (Å²) in [5.74, 6) is 0. The third-order valence-electron chi connectivity index (χ3n) is 3.25. The van der Waals surface area contributed by atoms with E-state index in [2.05, 4.69) is 10.3 Å². The quantitative estimate of drug-likeness (QED) is 0.558. The zero-order valence-corrected chi connectivity index (χ0v) is 10.2. The van der Waals surface area contributed by atoms with Crippen LogP contribution in [0.5, 0.6) is 0 Å². The van der Waals surface area contributed by atoms with Gasteiger partial charge in [-0.25, -0.2) is 0 Å². The van der Waals surface area contributed by atoms with Crippen LogP contribution in [0, 0.1) is 0 Å². The van der Waals surface area contributed by atoms with Crippen molar-refractivity contribution < 1.29 is 9.59 Å². The smallest absolute Gasteiger partial charge is 0.194 e. The Morgan fingerprint density at radius 3 is 2.62 bits per heavy atom. The Labute approximate surface area is 97.3 Å². The molecule has 1 aliphatic heterocycles. The van der Waals surface area contributed by atoms with Gasteiger partial charge in [-0.15, -0.1) is 0 Å². The minimum Gasteiger partial charge on any atom is -0.372 e. The molecule has 1 atom stereocenters. The Balaban J connectivity index is 1.88. The molecule has 2 aliphatic rings. The second kappa shape index (κ2) is 4.65. The highest BCUT2D eigenvalue weighted by atomic mass is 16.3. The van der Waals surface area contributed by atoms with Gasteiger partial charge in [0.2, 0.25) is 0 Å². The van der Waals surface area contributed by atoms with Gasteiger partial charge in [0.05, 0.1) is 14.1 Å². The summed E-state index contributed by atoms with van der Waals surface area (Å²) in [4.78, 5) is 4.25. The minimum absolute atomic E-state index is 0.455. The van der Waals surface area contributed by atoms with Gasteiger partial charge in [0, 0.05) is 6.04 Å². The Kier molecular flexibility index (Phi) is 3.42. The summed E-state index contributed by atoms with van der Waals surface area (Å²) in [5, 5.41) is 13.3. The van der Waals surface area contributed by atoms with Crippen LogP contribution in [0.1, 0.15) is 32.1 Å². The van der Waals surface area contributed by atoms with E-state index in [0.29, 0.717) is 10.5 Å². The number of hydrogen-bond donors (Lipinski definition) is 2. The van der Waals surface area contributed by atoms with E-state index in [0.717, 1.165) is 5.70 Å². The second-order valence-corrected chi connectivity index (χ2v) is 5.33. The molecule has 0 spiro atoms. The van der Waals surface area contributed by atoms with Crippen LogP contribution in [-0.2, 0) is 0 Å². The van der Waals surface area contributed by atoms with Crippen LogP contribution in [0.2, 0.25) is 0 Å². The van der Waals surface area contributed by atoms with Gasteiger partial charge in [0.25, 0.3) is 0 Å². The first-order valence-electron chi connectivity index (χ1n) is 6.12. The lowest BCUT2D eigenvalue weighted by Gasteiger charge is -2.25. The molecule has 4 nitrogen and oxygen atoms in total. The molecule has 0 aromatic rings. The number of aliphatic hydroxyl groups is 1. The number of nitrogens with one attached hydrogen (secondary N) is 1. The van der Waals surface area contributed by atoms with Crippen LogP contribution in [0.3, 0.4) is 0 Å². The molecule has 2 N–H and O–H groups in total. The van der Waals surface area contributed by atoms with Crippen molar-refractivity contribution in [1.82, 2.24) is 5.32 Å². The molecule has 16 heavy (non-hydrogen) atoms. The predicted octanol–water partition coefficient (Wildman–Crippen LogP) is 1.19. The lowest BCUT2D eigenvalue weighted by molar-refractivity contribution is -0.732. The summed E-state index contributed by atoms with van der Waals surface area (Å²) in [5.41, 5.74) is 0.746. The molecule has 1 heterocycles. The first-order chi connectivity index (χ1) is 7.57. The van der Waals surface area contributed by atoms with Crippen molar-refractivity contribution in [3.63, 3.8) is 0 Å². The summed E-state index contributed by atoms with van der Waals surface area (Å²) in [6.07, 6.45) is 9.42. The van der Waals surface area contributed by atoms with Crippen LogP contribution in [0.4, 0.5) is 0 Å². The SMILES string of the molecule is C[N+]1(C)C=NC(C(O)NC2CCCCC2)=C1. The summed E-state index contributed by atoms with van der Waals surface area (Å²) in [6, 6.07) is 0.455. The van der Waals surface area contributed by atoms with E-state index in [1.165, 1.54) is 32.1 Å². The molecular weight excluding hydrogens is 202 g/mol. The van der Waals surface area contributed by atoms with Crippen LogP contribution < -0.4 is 5.32 Å². The van der Waals surface area contributed by atoms with Crippen molar-refractivity contribution in [2.45, 2.75) is 44.4 Å². The van der Waals surface area contributed by atoms with Gasteiger partial charge in [-0.2, -0.15) is 4.99 Å². The zero-order valence-electron chi connectivity index (χ0n) is 10.2. The Hall–Kier alpha value is -0.710. The van der Waals surface area contributed by atoms with Crippen molar-refractivity contribution in [2.24, 2.45) is 4.99 Å². The Morgan fingerprint density at radius 2 is 2.06 bits per heavy atom. The van der Waals surface area contributed by atoms with Crippen molar-refractivity contribution in [3.8, 4) is 0 Å². The van der Waals surface area contributed by atoms with E-state index in [9.17, 15) is 5.11 Å². The molecule has 0 aromatic heterocycles. The van der Waals surface area contributed by atoms with E-state index in [-0.39, 0.29) is 0 Å². The van der Waals surface area contributed by atoms with E-state index >= 15 is 0 Å². The normalized spacial score (nSPS) is 26.8. The van der Waals surface area contributed by atoms with Crippen LogP contribution in [0.15, 0.2) is 16.9 Å². The largest absolute Gasteiger partial charge is 0.372 e. The molecule has 1 fully saturated rings. The van der Waals surface area contributed by atoms with Gasteiger partial charge in [0.15, 0.2) is 12.6 Å². The maximum absolute atomic E-state index is 10.0. The van der Waals surface area contributed by atoms with Crippen molar-refractivity contribution in [2.75, 3.05) is 14.1 Å². The van der Waals surface area contributed by atoms with E-state index < -0.39 is 6.23 Å². The molecule has 90 valence electrons. The molecule has 0 bridgehead atoms. The third-order valence-corrected chi connectivity index (χ3v) is 3.25. The van der Waals surface area contributed by atoms with Gasteiger partial charge in [-0.1, -0.05) is 19.3 Å². The van der Waals surface area contributed by atoms with Crippen molar-refractivity contribution >= 4 is 6.34 Å².